The molecule has 2 aromatic rings. The first-order valence-electron chi connectivity index (χ1n) is 9.87. The molecular formula is C23H26BrNO3. The summed E-state index contributed by atoms with van der Waals surface area (Å²) in [6, 6.07) is 15.5. The number of aryl methyl sites for hydroxylation is 1. The van der Waals surface area contributed by atoms with Crippen LogP contribution in [0.25, 0.3) is 0 Å². The van der Waals surface area contributed by atoms with Crippen molar-refractivity contribution in [3.63, 3.8) is 0 Å². The Labute approximate surface area is 174 Å². The van der Waals surface area contributed by atoms with Gasteiger partial charge >= 0.3 is 5.97 Å². The van der Waals surface area contributed by atoms with Crippen LogP contribution < -0.4 is 5.32 Å². The molecule has 4 nitrogen and oxygen atoms in total. The maximum Gasteiger partial charge on any atom is 0.310 e. The molecule has 0 saturated heterocycles. The van der Waals surface area contributed by atoms with Crippen LogP contribution in [-0.2, 0) is 27.4 Å². The van der Waals surface area contributed by atoms with Gasteiger partial charge in [0.05, 0.1) is 11.8 Å². The van der Waals surface area contributed by atoms with Crippen LogP contribution in [0.3, 0.4) is 0 Å². The molecule has 2 aromatic carbocycles. The lowest BCUT2D eigenvalue weighted by Gasteiger charge is -2.29. The number of ether oxygens (including phenoxy) is 1. The van der Waals surface area contributed by atoms with Gasteiger partial charge in [-0.25, -0.2) is 0 Å². The van der Waals surface area contributed by atoms with Crippen LogP contribution in [0.5, 0.6) is 0 Å². The lowest BCUT2D eigenvalue weighted by molar-refractivity contribution is -0.155. The Morgan fingerprint density at radius 2 is 1.57 bits per heavy atom. The molecule has 28 heavy (non-hydrogen) atoms. The third-order valence-electron chi connectivity index (χ3n) is 5.33. The fourth-order valence-electron chi connectivity index (χ4n) is 3.63. The topological polar surface area (TPSA) is 55.4 Å². The highest BCUT2D eigenvalue weighted by Gasteiger charge is 2.36. The molecule has 0 radical (unpaired) electrons. The second kappa shape index (κ2) is 9.87. The molecule has 0 aromatic heterocycles. The Morgan fingerprint density at radius 1 is 0.964 bits per heavy atom. The van der Waals surface area contributed by atoms with Gasteiger partial charge in [-0.3, -0.25) is 9.59 Å². The van der Waals surface area contributed by atoms with Crippen molar-refractivity contribution in [2.75, 3.05) is 5.32 Å². The molecule has 1 aliphatic rings. The van der Waals surface area contributed by atoms with Gasteiger partial charge in [0.25, 0.3) is 0 Å². The van der Waals surface area contributed by atoms with Crippen molar-refractivity contribution < 1.29 is 14.3 Å². The zero-order valence-corrected chi connectivity index (χ0v) is 17.7. The van der Waals surface area contributed by atoms with E-state index >= 15 is 0 Å². The summed E-state index contributed by atoms with van der Waals surface area (Å²) < 4.78 is 6.52. The van der Waals surface area contributed by atoms with Crippen molar-refractivity contribution in [1.29, 1.82) is 0 Å². The summed E-state index contributed by atoms with van der Waals surface area (Å²) in [5.74, 6) is -1.07. The van der Waals surface area contributed by atoms with E-state index in [9.17, 15) is 9.59 Å². The number of nitrogens with one attached hydrogen (secondary N) is 1. The molecule has 0 bridgehead atoms. The lowest BCUT2D eigenvalue weighted by Crippen LogP contribution is -2.37. The predicted molar refractivity (Wildman–Crippen MR) is 114 cm³/mol. The molecule has 5 heteroatoms. The Bertz CT molecular complexity index is 802. The maximum absolute atomic E-state index is 12.8. The van der Waals surface area contributed by atoms with E-state index in [4.69, 9.17) is 4.74 Å². The Hall–Kier alpha value is -2.14. The highest BCUT2D eigenvalue weighted by molar-refractivity contribution is 9.10. The van der Waals surface area contributed by atoms with E-state index in [1.54, 1.807) is 0 Å². The van der Waals surface area contributed by atoms with Crippen molar-refractivity contribution in [1.82, 2.24) is 0 Å². The first kappa shape index (κ1) is 20.6. The van der Waals surface area contributed by atoms with Crippen molar-refractivity contribution in [2.45, 2.75) is 45.6 Å². The molecule has 1 aliphatic carbocycles. The number of rotatable bonds is 6. The molecule has 3 rings (SSSR count). The van der Waals surface area contributed by atoms with E-state index in [0.29, 0.717) is 6.42 Å². The fraction of sp³-hybridized carbons (Fsp3) is 0.391. The minimum Gasteiger partial charge on any atom is -0.461 e. The molecule has 0 aliphatic heterocycles. The fourth-order valence-corrected chi connectivity index (χ4v) is 3.89. The number of hydrogen-bond acceptors (Lipinski definition) is 3. The SMILES string of the molecule is CCc1ccc(NC(=O)[C@H]2CCCC[C@@H]2C(=O)OCc2ccc(Br)cc2)cc1. The molecule has 148 valence electrons. The van der Waals surface area contributed by atoms with Crippen molar-refractivity contribution in [2.24, 2.45) is 11.8 Å². The molecule has 2 atom stereocenters. The number of halogens is 1. The average Bonchev–Trinajstić information content (AvgIpc) is 2.73. The van der Waals surface area contributed by atoms with E-state index < -0.39 is 0 Å². The molecule has 0 spiro atoms. The first-order chi connectivity index (χ1) is 13.6. The van der Waals surface area contributed by atoms with Crippen LogP contribution in [-0.4, -0.2) is 11.9 Å². The highest BCUT2D eigenvalue weighted by atomic mass is 79.9. The monoisotopic (exact) mass is 443 g/mol. The van der Waals surface area contributed by atoms with Crippen LogP contribution in [0.4, 0.5) is 5.69 Å². The van der Waals surface area contributed by atoms with Crippen LogP contribution in [0.15, 0.2) is 53.0 Å². The molecule has 0 heterocycles. The van der Waals surface area contributed by atoms with Crippen LogP contribution in [0, 0.1) is 11.8 Å². The number of anilines is 1. The highest BCUT2D eigenvalue weighted by Crippen LogP contribution is 2.32. The summed E-state index contributed by atoms with van der Waals surface area (Å²) in [6.07, 6.45) is 4.29. The Kier molecular flexibility index (Phi) is 7.26. The zero-order valence-electron chi connectivity index (χ0n) is 16.1. The summed E-state index contributed by atoms with van der Waals surface area (Å²) in [4.78, 5) is 25.5. The molecule has 1 amide bonds. The molecule has 1 fully saturated rings. The van der Waals surface area contributed by atoms with E-state index in [0.717, 1.165) is 41.4 Å². The van der Waals surface area contributed by atoms with Crippen LogP contribution in [0.2, 0.25) is 0 Å². The van der Waals surface area contributed by atoms with E-state index in [1.807, 2.05) is 48.5 Å². The van der Waals surface area contributed by atoms with Gasteiger partial charge in [0, 0.05) is 10.2 Å². The predicted octanol–water partition coefficient (Wildman–Crippen LogP) is 5.50. The van der Waals surface area contributed by atoms with Gasteiger partial charge in [-0.1, -0.05) is 60.0 Å². The van der Waals surface area contributed by atoms with Gasteiger partial charge in [0.15, 0.2) is 0 Å². The average molecular weight is 444 g/mol. The molecular weight excluding hydrogens is 418 g/mol. The quantitative estimate of drug-likeness (QED) is 0.599. The zero-order chi connectivity index (χ0) is 19.9. The van der Waals surface area contributed by atoms with Gasteiger partial charge in [-0.2, -0.15) is 0 Å². The standard InChI is InChI=1S/C23H26BrNO3/c1-2-16-9-13-19(14-10-16)25-22(26)20-5-3-4-6-21(20)23(27)28-15-17-7-11-18(24)12-8-17/h7-14,20-21H,2-6,15H2,1H3,(H,25,26)/t20-,21-/m0/s1. The van der Waals surface area contributed by atoms with Gasteiger partial charge < -0.3 is 10.1 Å². The van der Waals surface area contributed by atoms with Crippen molar-refractivity contribution >= 4 is 33.5 Å². The number of carbonyl (C=O) groups is 2. The van der Waals surface area contributed by atoms with Gasteiger partial charge in [0.1, 0.15) is 6.61 Å². The summed E-state index contributed by atoms with van der Waals surface area (Å²) >= 11 is 3.39. The molecule has 1 N–H and O–H groups in total. The second-order valence-electron chi connectivity index (χ2n) is 7.27. The van der Waals surface area contributed by atoms with Crippen molar-refractivity contribution in [3.8, 4) is 0 Å². The van der Waals surface area contributed by atoms with E-state index in [1.165, 1.54) is 5.56 Å². The van der Waals surface area contributed by atoms with Gasteiger partial charge in [-0.15, -0.1) is 0 Å². The number of benzene rings is 2. The first-order valence-corrected chi connectivity index (χ1v) is 10.7. The van der Waals surface area contributed by atoms with Crippen molar-refractivity contribution in [3.05, 3.63) is 64.1 Å². The minimum atomic E-state index is -0.376. The number of esters is 1. The third kappa shape index (κ3) is 5.44. The molecule has 1 saturated carbocycles. The summed E-state index contributed by atoms with van der Waals surface area (Å²) in [5, 5.41) is 2.98. The second-order valence-corrected chi connectivity index (χ2v) is 8.19. The van der Waals surface area contributed by atoms with Gasteiger partial charge in [0.2, 0.25) is 5.91 Å². The van der Waals surface area contributed by atoms with Crippen LogP contribution >= 0.6 is 15.9 Å². The normalized spacial score (nSPS) is 19.1. The summed E-state index contributed by atoms with van der Waals surface area (Å²) in [7, 11) is 0. The van der Waals surface area contributed by atoms with E-state index in [-0.39, 0.29) is 30.3 Å². The smallest absolute Gasteiger partial charge is 0.310 e. The summed E-state index contributed by atoms with van der Waals surface area (Å²) in [5.41, 5.74) is 2.93. The number of carbonyl (C=O) groups excluding carboxylic acids is 2. The Morgan fingerprint density at radius 3 is 2.21 bits per heavy atom. The summed E-state index contributed by atoms with van der Waals surface area (Å²) in [6.45, 7) is 2.33. The maximum atomic E-state index is 12.8. The number of amides is 1. The molecule has 0 unspecified atom stereocenters. The van der Waals surface area contributed by atoms with Gasteiger partial charge in [-0.05, 0) is 54.7 Å². The minimum absolute atomic E-state index is 0.0884. The Balaban J connectivity index is 1.60. The number of hydrogen-bond donors (Lipinski definition) is 1. The van der Waals surface area contributed by atoms with Crippen LogP contribution in [0.1, 0.15) is 43.7 Å². The largest absolute Gasteiger partial charge is 0.461 e. The third-order valence-corrected chi connectivity index (χ3v) is 5.86. The van der Waals surface area contributed by atoms with E-state index in [2.05, 4.69) is 28.2 Å². The lowest BCUT2D eigenvalue weighted by atomic mass is 9.78.